The SMILES string of the molecule is CC1COCCN1C(CN)c1ccc(Cl)c(Br)c1. The van der Waals surface area contributed by atoms with Crippen molar-refractivity contribution in [1.82, 2.24) is 4.90 Å². The van der Waals surface area contributed by atoms with Gasteiger partial charge in [-0.25, -0.2) is 0 Å². The predicted octanol–water partition coefficient (Wildman–Crippen LogP) is 2.82. The zero-order valence-corrected chi connectivity index (χ0v) is 12.7. The monoisotopic (exact) mass is 332 g/mol. The van der Waals surface area contributed by atoms with Gasteiger partial charge in [-0.2, -0.15) is 0 Å². The van der Waals surface area contributed by atoms with Crippen molar-refractivity contribution in [2.75, 3.05) is 26.3 Å². The summed E-state index contributed by atoms with van der Waals surface area (Å²) in [5.41, 5.74) is 7.15. The molecule has 2 rings (SSSR count). The molecule has 100 valence electrons. The lowest BCUT2D eigenvalue weighted by Crippen LogP contribution is -2.47. The molecule has 0 amide bonds. The summed E-state index contributed by atoms with van der Waals surface area (Å²) in [5, 5.41) is 0.726. The Morgan fingerprint density at radius 2 is 2.39 bits per heavy atom. The Morgan fingerprint density at radius 3 is 3.00 bits per heavy atom. The summed E-state index contributed by atoms with van der Waals surface area (Å²) in [6, 6.07) is 6.63. The molecule has 1 aromatic rings. The van der Waals surface area contributed by atoms with Gasteiger partial charge in [0, 0.05) is 29.6 Å². The summed E-state index contributed by atoms with van der Waals surface area (Å²) in [6.07, 6.45) is 0. The van der Waals surface area contributed by atoms with Gasteiger partial charge in [0.05, 0.1) is 18.2 Å². The number of ether oxygens (including phenoxy) is 1. The quantitative estimate of drug-likeness (QED) is 0.924. The van der Waals surface area contributed by atoms with E-state index in [2.05, 4.69) is 33.8 Å². The molecule has 1 saturated heterocycles. The largest absolute Gasteiger partial charge is 0.379 e. The van der Waals surface area contributed by atoms with Gasteiger partial charge >= 0.3 is 0 Å². The second kappa shape index (κ2) is 6.35. The molecular formula is C13H18BrClN2O. The molecule has 0 aromatic heterocycles. The molecule has 2 N–H and O–H groups in total. The fourth-order valence-electron chi connectivity index (χ4n) is 2.39. The molecule has 2 unspecified atom stereocenters. The van der Waals surface area contributed by atoms with Crippen LogP contribution in [0.5, 0.6) is 0 Å². The van der Waals surface area contributed by atoms with Gasteiger partial charge in [0.15, 0.2) is 0 Å². The second-order valence-corrected chi connectivity index (χ2v) is 5.85. The molecule has 1 aliphatic rings. The summed E-state index contributed by atoms with van der Waals surface area (Å²) in [5.74, 6) is 0. The zero-order valence-electron chi connectivity index (χ0n) is 10.4. The minimum atomic E-state index is 0.220. The number of halogens is 2. The van der Waals surface area contributed by atoms with Gasteiger partial charge in [-0.1, -0.05) is 17.7 Å². The van der Waals surface area contributed by atoms with Crippen LogP contribution < -0.4 is 5.73 Å². The van der Waals surface area contributed by atoms with E-state index < -0.39 is 0 Å². The first-order chi connectivity index (χ1) is 8.63. The molecule has 0 aliphatic carbocycles. The molecular weight excluding hydrogens is 316 g/mol. The maximum absolute atomic E-state index is 6.03. The van der Waals surface area contributed by atoms with Crippen LogP contribution >= 0.6 is 27.5 Å². The summed E-state index contributed by atoms with van der Waals surface area (Å²) >= 11 is 9.50. The number of nitrogens with two attached hydrogens (primary N) is 1. The van der Waals surface area contributed by atoms with E-state index in [1.807, 2.05) is 12.1 Å². The van der Waals surface area contributed by atoms with E-state index in [0.29, 0.717) is 12.6 Å². The number of morpholine rings is 1. The number of benzene rings is 1. The molecule has 5 heteroatoms. The summed E-state index contributed by atoms with van der Waals surface area (Å²) in [7, 11) is 0. The van der Waals surface area contributed by atoms with Crippen LogP contribution in [0.2, 0.25) is 5.02 Å². The van der Waals surface area contributed by atoms with E-state index in [1.54, 1.807) is 0 Å². The lowest BCUT2D eigenvalue weighted by Gasteiger charge is -2.39. The minimum Gasteiger partial charge on any atom is -0.379 e. The van der Waals surface area contributed by atoms with E-state index in [4.69, 9.17) is 22.1 Å². The number of rotatable bonds is 3. The van der Waals surface area contributed by atoms with Crippen LogP contribution in [0.15, 0.2) is 22.7 Å². The normalized spacial score (nSPS) is 23.0. The summed E-state index contributed by atoms with van der Waals surface area (Å²) < 4.78 is 6.39. The van der Waals surface area contributed by atoms with Crippen LogP contribution in [0.25, 0.3) is 0 Å². The highest BCUT2D eigenvalue weighted by molar-refractivity contribution is 9.10. The molecule has 0 radical (unpaired) electrons. The first kappa shape index (κ1) is 14.3. The van der Waals surface area contributed by atoms with Gasteiger partial charge in [0.25, 0.3) is 0 Å². The van der Waals surface area contributed by atoms with Gasteiger partial charge in [-0.15, -0.1) is 0 Å². The first-order valence-corrected chi connectivity index (χ1v) is 7.29. The van der Waals surface area contributed by atoms with Crippen molar-refractivity contribution >= 4 is 27.5 Å². The minimum absolute atomic E-state index is 0.220. The van der Waals surface area contributed by atoms with Crippen molar-refractivity contribution in [2.45, 2.75) is 19.0 Å². The highest BCUT2D eigenvalue weighted by Gasteiger charge is 2.26. The Morgan fingerprint density at radius 1 is 1.61 bits per heavy atom. The zero-order chi connectivity index (χ0) is 13.1. The molecule has 1 heterocycles. The molecule has 1 fully saturated rings. The Balaban J connectivity index is 2.23. The third-order valence-electron chi connectivity index (χ3n) is 3.37. The predicted molar refractivity (Wildman–Crippen MR) is 77.9 cm³/mol. The van der Waals surface area contributed by atoms with Crippen LogP contribution in [0.1, 0.15) is 18.5 Å². The van der Waals surface area contributed by atoms with Gasteiger partial charge < -0.3 is 10.5 Å². The van der Waals surface area contributed by atoms with Crippen LogP contribution in [0.4, 0.5) is 0 Å². The van der Waals surface area contributed by atoms with Crippen LogP contribution in [0.3, 0.4) is 0 Å². The van der Waals surface area contributed by atoms with Gasteiger partial charge in [-0.05, 0) is 40.5 Å². The Bertz CT molecular complexity index is 416. The standard InChI is InChI=1S/C13H18BrClN2O/c1-9-8-18-5-4-17(9)13(7-16)10-2-3-12(15)11(14)6-10/h2-3,6,9,13H,4-5,7-8,16H2,1H3. The number of hydrogen-bond acceptors (Lipinski definition) is 3. The van der Waals surface area contributed by atoms with Crippen LogP contribution in [-0.2, 0) is 4.74 Å². The molecule has 0 bridgehead atoms. The third kappa shape index (κ3) is 3.06. The van der Waals surface area contributed by atoms with Gasteiger partial charge in [0.2, 0.25) is 0 Å². The fraction of sp³-hybridized carbons (Fsp3) is 0.538. The Hall–Kier alpha value is -0.130. The number of hydrogen-bond donors (Lipinski definition) is 1. The van der Waals surface area contributed by atoms with E-state index in [-0.39, 0.29) is 6.04 Å². The van der Waals surface area contributed by atoms with Crippen molar-refractivity contribution in [3.8, 4) is 0 Å². The smallest absolute Gasteiger partial charge is 0.0620 e. The first-order valence-electron chi connectivity index (χ1n) is 6.12. The average Bonchev–Trinajstić information content (AvgIpc) is 2.37. The van der Waals surface area contributed by atoms with Gasteiger partial charge in [-0.3, -0.25) is 4.90 Å². The lowest BCUT2D eigenvalue weighted by atomic mass is 10.0. The number of nitrogens with zero attached hydrogens (tertiary/aromatic N) is 1. The molecule has 18 heavy (non-hydrogen) atoms. The highest BCUT2D eigenvalue weighted by atomic mass is 79.9. The maximum Gasteiger partial charge on any atom is 0.0620 e. The molecule has 2 atom stereocenters. The Kier molecular flexibility index (Phi) is 5.04. The van der Waals surface area contributed by atoms with Crippen molar-refractivity contribution in [3.05, 3.63) is 33.3 Å². The summed E-state index contributed by atoms with van der Waals surface area (Å²) in [4.78, 5) is 2.40. The van der Waals surface area contributed by atoms with E-state index in [0.717, 1.165) is 29.3 Å². The molecule has 3 nitrogen and oxygen atoms in total. The molecule has 0 saturated carbocycles. The van der Waals surface area contributed by atoms with E-state index in [9.17, 15) is 0 Å². The van der Waals surface area contributed by atoms with Crippen molar-refractivity contribution in [1.29, 1.82) is 0 Å². The Labute approximate surface area is 121 Å². The van der Waals surface area contributed by atoms with Crippen LogP contribution in [-0.4, -0.2) is 37.2 Å². The maximum atomic E-state index is 6.03. The molecule has 1 aromatic carbocycles. The molecule has 1 aliphatic heterocycles. The lowest BCUT2D eigenvalue weighted by molar-refractivity contribution is -0.0209. The summed E-state index contributed by atoms with van der Waals surface area (Å²) in [6.45, 7) is 5.23. The van der Waals surface area contributed by atoms with Crippen molar-refractivity contribution in [2.24, 2.45) is 5.73 Å². The second-order valence-electron chi connectivity index (χ2n) is 4.59. The van der Waals surface area contributed by atoms with Crippen LogP contribution in [0, 0.1) is 0 Å². The van der Waals surface area contributed by atoms with E-state index in [1.165, 1.54) is 5.56 Å². The topological polar surface area (TPSA) is 38.5 Å². The molecule has 0 spiro atoms. The third-order valence-corrected chi connectivity index (χ3v) is 4.59. The van der Waals surface area contributed by atoms with Crippen molar-refractivity contribution < 1.29 is 4.74 Å². The average molecular weight is 334 g/mol. The fourth-order valence-corrected chi connectivity index (χ4v) is 2.90. The van der Waals surface area contributed by atoms with Gasteiger partial charge in [0.1, 0.15) is 0 Å². The van der Waals surface area contributed by atoms with Crippen molar-refractivity contribution in [3.63, 3.8) is 0 Å². The van der Waals surface area contributed by atoms with E-state index >= 15 is 0 Å². The highest BCUT2D eigenvalue weighted by Crippen LogP contribution is 2.29.